The fourth-order valence-electron chi connectivity index (χ4n) is 2.48. The molecule has 134 valence electrons. The molecule has 1 aromatic rings. The molecule has 0 amide bonds. The minimum Gasteiger partial charge on any atom is -0.357 e. The van der Waals surface area contributed by atoms with E-state index in [1.165, 1.54) is 12.8 Å². The molecule has 1 aliphatic heterocycles. The predicted molar refractivity (Wildman–Crippen MR) is 89.2 cm³/mol. The zero-order valence-corrected chi connectivity index (χ0v) is 13.9. The molecular formula is C16H24F3N5. The van der Waals surface area contributed by atoms with Crippen LogP contribution >= 0.6 is 0 Å². The highest BCUT2D eigenvalue weighted by molar-refractivity contribution is 5.79. The van der Waals surface area contributed by atoms with Gasteiger partial charge in [0, 0.05) is 32.4 Å². The summed E-state index contributed by atoms with van der Waals surface area (Å²) in [6, 6.07) is 3.93. The van der Waals surface area contributed by atoms with Gasteiger partial charge in [-0.2, -0.15) is 13.2 Å². The van der Waals surface area contributed by atoms with E-state index in [9.17, 15) is 13.2 Å². The molecule has 8 heteroatoms. The van der Waals surface area contributed by atoms with Gasteiger partial charge in [-0.1, -0.05) is 6.07 Å². The lowest BCUT2D eigenvalue weighted by atomic mass is 10.3. The zero-order valence-electron chi connectivity index (χ0n) is 13.9. The second-order valence-corrected chi connectivity index (χ2v) is 5.71. The third kappa shape index (κ3) is 6.25. The largest absolute Gasteiger partial charge is 0.390 e. The molecule has 1 aliphatic rings. The summed E-state index contributed by atoms with van der Waals surface area (Å²) in [5, 5.41) is 5.63. The minimum absolute atomic E-state index is 0.193. The van der Waals surface area contributed by atoms with Crippen molar-refractivity contribution in [2.24, 2.45) is 4.99 Å². The van der Waals surface area contributed by atoms with Crippen molar-refractivity contribution in [3.63, 3.8) is 0 Å². The van der Waals surface area contributed by atoms with E-state index in [1.807, 2.05) is 19.1 Å². The Labute approximate surface area is 140 Å². The SMILES string of the molecule is CCNC(=NCc1ccc(N2CCCC2)nc1)NCCC(F)(F)F. The van der Waals surface area contributed by atoms with Gasteiger partial charge in [0.2, 0.25) is 0 Å². The van der Waals surface area contributed by atoms with Gasteiger partial charge in [0.25, 0.3) is 0 Å². The molecule has 24 heavy (non-hydrogen) atoms. The molecule has 2 heterocycles. The number of nitrogens with one attached hydrogen (secondary N) is 2. The molecule has 1 saturated heterocycles. The van der Waals surface area contributed by atoms with Crippen molar-refractivity contribution in [2.45, 2.75) is 38.9 Å². The lowest BCUT2D eigenvalue weighted by Gasteiger charge is -2.16. The van der Waals surface area contributed by atoms with Crippen LogP contribution in [0.1, 0.15) is 31.7 Å². The summed E-state index contributed by atoms with van der Waals surface area (Å²) >= 11 is 0. The lowest BCUT2D eigenvalue weighted by Crippen LogP contribution is -2.38. The molecule has 2 rings (SSSR count). The summed E-state index contributed by atoms with van der Waals surface area (Å²) in [6.45, 7) is 4.71. The van der Waals surface area contributed by atoms with Crippen LogP contribution in [0.25, 0.3) is 0 Å². The summed E-state index contributed by atoms with van der Waals surface area (Å²) < 4.78 is 36.6. The van der Waals surface area contributed by atoms with Crippen LogP contribution in [0.15, 0.2) is 23.3 Å². The van der Waals surface area contributed by atoms with Crippen molar-refractivity contribution in [2.75, 3.05) is 31.1 Å². The van der Waals surface area contributed by atoms with E-state index >= 15 is 0 Å². The van der Waals surface area contributed by atoms with E-state index in [-0.39, 0.29) is 6.54 Å². The lowest BCUT2D eigenvalue weighted by molar-refractivity contribution is -0.132. The highest BCUT2D eigenvalue weighted by Crippen LogP contribution is 2.18. The molecule has 2 N–H and O–H groups in total. The maximum Gasteiger partial charge on any atom is 0.390 e. The summed E-state index contributed by atoms with van der Waals surface area (Å²) in [7, 11) is 0. The van der Waals surface area contributed by atoms with Crippen molar-refractivity contribution in [1.82, 2.24) is 15.6 Å². The summed E-state index contributed by atoms with van der Waals surface area (Å²) in [5.41, 5.74) is 0.922. The number of aliphatic imine (C=N–C) groups is 1. The Morgan fingerprint density at radius 3 is 2.58 bits per heavy atom. The highest BCUT2D eigenvalue weighted by Gasteiger charge is 2.26. The molecule has 5 nitrogen and oxygen atoms in total. The van der Waals surface area contributed by atoms with Gasteiger partial charge >= 0.3 is 6.18 Å². The Morgan fingerprint density at radius 2 is 2.00 bits per heavy atom. The predicted octanol–water partition coefficient (Wildman–Crippen LogP) is 2.69. The Morgan fingerprint density at radius 1 is 1.25 bits per heavy atom. The van der Waals surface area contributed by atoms with Crippen LogP contribution in [0, 0.1) is 0 Å². The third-order valence-corrected chi connectivity index (χ3v) is 3.70. The monoisotopic (exact) mass is 343 g/mol. The van der Waals surface area contributed by atoms with E-state index in [4.69, 9.17) is 0 Å². The molecule has 1 aromatic heterocycles. The van der Waals surface area contributed by atoms with Gasteiger partial charge < -0.3 is 15.5 Å². The van der Waals surface area contributed by atoms with Crippen LogP contribution < -0.4 is 15.5 Å². The standard InChI is InChI=1S/C16H24F3N5/c1-2-20-15(21-8-7-16(17,18)19)23-12-13-5-6-14(22-11-13)24-9-3-4-10-24/h5-6,11H,2-4,7-10,12H2,1H3,(H2,20,21,23). The maximum absolute atomic E-state index is 12.2. The highest BCUT2D eigenvalue weighted by atomic mass is 19.4. The van der Waals surface area contributed by atoms with Crippen LogP contribution in [-0.4, -0.2) is 43.3 Å². The van der Waals surface area contributed by atoms with E-state index in [2.05, 4.69) is 25.5 Å². The number of hydrogen-bond acceptors (Lipinski definition) is 3. The fraction of sp³-hybridized carbons (Fsp3) is 0.625. The van der Waals surface area contributed by atoms with Crippen molar-refractivity contribution >= 4 is 11.8 Å². The first-order chi connectivity index (χ1) is 11.5. The minimum atomic E-state index is -4.17. The molecule has 0 aliphatic carbocycles. The Kier molecular flexibility index (Phi) is 6.69. The molecule has 0 radical (unpaired) electrons. The molecule has 0 bridgehead atoms. The van der Waals surface area contributed by atoms with Gasteiger partial charge in [-0.25, -0.2) is 9.98 Å². The number of guanidine groups is 1. The third-order valence-electron chi connectivity index (χ3n) is 3.70. The second kappa shape index (κ2) is 8.75. The van der Waals surface area contributed by atoms with Gasteiger partial charge in [-0.05, 0) is 31.4 Å². The van der Waals surface area contributed by atoms with E-state index in [1.54, 1.807) is 6.20 Å². The number of anilines is 1. The van der Waals surface area contributed by atoms with Gasteiger partial charge in [0.15, 0.2) is 5.96 Å². The van der Waals surface area contributed by atoms with E-state index < -0.39 is 12.6 Å². The second-order valence-electron chi connectivity index (χ2n) is 5.71. The Hall–Kier alpha value is -1.99. The molecule has 0 saturated carbocycles. The Bertz CT molecular complexity index is 522. The number of nitrogens with zero attached hydrogens (tertiary/aromatic N) is 3. The van der Waals surface area contributed by atoms with Crippen molar-refractivity contribution in [3.8, 4) is 0 Å². The smallest absolute Gasteiger partial charge is 0.357 e. The van der Waals surface area contributed by atoms with Crippen LogP contribution in [0.3, 0.4) is 0 Å². The van der Waals surface area contributed by atoms with Crippen LogP contribution in [-0.2, 0) is 6.54 Å². The van der Waals surface area contributed by atoms with Crippen molar-refractivity contribution < 1.29 is 13.2 Å². The topological polar surface area (TPSA) is 52.6 Å². The molecule has 0 unspecified atom stereocenters. The first-order valence-electron chi connectivity index (χ1n) is 8.27. The molecule has 0 spiro atoms. The number of hydrogen-bond donors (Lipinski definition) is 2. The van der Waals surface area contributed by atoms with E-state index in [0.29, 0.717) is 19.0 Å². The van der Waals surface area contributed by atoms with Gasteiger partial charge in [0.1, 0.15) is 5.82 Å². The average Bonchev–Trinajstić information content (AvgIpc) is 3.06. The van der Waals surface area contributed by atoms with Crippen LogP contribution in [0.5, 0.6) is 0 Å². The summed E-state index contributed by atoms with van der Waals surface area (Å²) in [4.78, 5) is 11.0. The van der Waals surface area contributed by atoms with Crippen LogP contribution in [0.4, 0.5) is 19.0 Å². The van der Waals surface area contributed by atoms with Gasteiger partial charge in [-0.3, -0.25) is 0 Å². The van der Waals surface area contributed by atoms with Crippen molar-refractivity contribution in [3.05, 3.63) is 23.9 Å². The molecular weight excluding hydrogens is 319 g/mol. The van der Waals surface area contributed by atoms with E-state index in [0.717, 1.165) is 24.5 Å². The first-order valence-corrected chi connectivity index (χ1v) is 8.27. The molecule has 1 fully saturated rings. The normalized spacial score (nSPS) is 15.7. The summed E-state index contributed by atoms with van der Waals surface area (Å²) in [5.74, 6) is 1.35. The molecule has 0 atom stereocenters. The average molecular weight is 343 g/mol. The zero-order chi connectivity index (χ0) is 17.4. The van der Waals surface area contributed by atoms with Gasteiger partial charge in [0.05, 0.1) is 13.0 Å². The number of alkyl halides is 3. The van der Waals surface area contributed by atoms with Crippen LogP contribution in [0.2, 0.25) is 0 Å². The fourth-order valence-corrected chi connectivity index (χ4v) is 2.48. The Balaban J connectivity index is 1.87. The number of aromatic nitrogens is 1. The van der Waals surface area contributed by atoms with Gasteiger partial charge in [-0.15, -0.1) is 0 Å². The number of halogens is 3. The molecule has 0 aromatic carbocycles. The number of rotatable bonds is 6. The number of pyridine rings is 1. The van der Waals surface area contributed by atoms with Crippen molar-refractivity contribution in [1.29, 1.82) is 0 Å². The quantitative estimate of drug-likeness (QED) is 0.616. The first kappa shape index (κ1) is 18.4. The maximum atomic E-state index is 12.2. The summed E-state index contributed by atoms with van der Waals surface area (Å²) in [6.07, 6.45) is -0.883.